The number of nitrogens with one attached hydrogen (secondary N) is 1. The lowest BCUT2D eigenvalue weighted by atomic mass is 9.88. The summed E-state index contributed by atoms with van der Waals surface area (Å²) in [6, 6.07) is 9.77. The Bertz CT molecular complexity index is 954. The van der Waals surface area contributed by atoms with Crippen LogP contribution in [0.5, 0.6) is 0 Å². The van der Waals surface area contributed by atoms with Gasteiger partial charge in [0.25, 0.3) is 0 Å². The largest absolute Gasteiger partial charge is 0.444 e. The van der Waals surface area contributed by atoms with Crippen LogP contribution in [0.25, 0.3) is 11.3 Å². The van der Waals surface area contributed by atoms with Crippen molar-refractivity contribution < 1.29 is 19.0 Å². The molecule has 35 heavy (non-hydrogen) atoms. The summed E-state index contributed by atoms with van der Waals surface area (Å²) in [5.41, 5.74) is 0.0889. The fourth-order valence-corrected chi connectivity index (χ4v) is 4.21. The van der Waals surface area contributed by atoms with Crippen LogP contribution in [0.1, 0.15) is 86.4 Å². The Balaban J connectivity index is 0.00000145. The number of aliphatic hydroxyl groups is 1. The third-order valence-corrected chi connectivity index (χ3v) is 6.26. The highest BCUT2D eigenvalue weighted by atomic mass is 79.9. The summed E-state index contributed by atoms with van der Waals surface area (Å²) in [6.45, 7) is 17.2. The molecule has 0 saturated heterocycles. The number of amides is 1. The van der Waals surface area contributed by atoms with Crippen LogP contribution in [0.2, 0.25) is 0 Å². The van der Waals surface area contributed by atoms with Crippen molar-refractivity contribution in [2.24, 2.45) is 5.92 Å². The van der Waals surface area contributed by atoms with E-state index in [0.717, 1.165) is 24.0 Å². The Hall–Kier alpha value is -1.99. The van der Waals surface area contributed by atoms with Gasteiger partial charge >= 0.3 is 6.09 Å². The Morgan fingerprint density at radius 2 is 1.63 bits per heavy atom. The number of alkyl carbamates (subject to hydrolysis) is 1. The molecule has 1 fully saturated rings. The summed E-state index contributed by atoms with van der Waals surface area (Å²) in [4.78, 5) is 17.2. The number of carbonyl (C=O) groups excluding carboxylic acids is 1. The van der Waals surface area contributed by atoms with Gasteiger partial charge in [-0.2, -0.15) is 0 Å². The third-order valence-electron chi connectivity index (χ3n) is 5.40. The van der Waals surface area contributed by atoms with E-state index in [1.807, 2.05) is 74.4 Å². The molecule has 1 saturated carbocycles. The normalized spacial score (nSPS) is 15.0. The Morgan fingerprint density at radius 1 is 1.09 bits per heavy atom. The molecule has 1 atom stereocenters. The van der Waals surface area contributed by atoms with Crippen molar-refractivity contribution in [3.05, 3.63) is 53.5 Å². The number of benzene rings is 1. The second-order valence-electron chi connectivity index (χ2n) is 9.72. The molecule has 1 aromatic heterocycles. The van der Waals surface area contributed by atoms with Gasteiger partial charge in [0, 0.05) is 10.9 Å². The molecule has 0 radical (unpaired) electrons. The number of ether oxygens (including phenoxy) is 1. The van der Waals surface area contributed by atoms with E-state index in [4.69, 9.17) is 9.72 Å². The lowest BCUT2D eigenvalue weighted by Crippen LogP contribution is -2.44. The van der Waals surface area contributed by atoms with E-state index >= 15 is 0 Å². The van der Waals surface area contributed by atoms with Gasteiger partial charge in [-0.15, -0.1) is 0 Å². The van der Waals surface area contributed by atoms with Crippen molar-refractivity contribution in [2.75, 3.05) is 5.33 Å². The van der Waals surface area contributed by atoms with Crippen molar-refractivity contribution in [1.29, 1.82) is 0 Å². The molecule has 0 aliphatic heterocycles. The number of rotatable bonds is 6. The van der Waals surface area contributed by atoms with Crippen molar-refractivity contribution in [3.63, 3.8) is 0 Å². The van der Waals surface area contributed by atoms with Crippen LogP contribution in [-0.2, 0) is 15.9 Å². The van der Waals surface area contributed by atoms with E-state index in [1.165, 1.54) is 12.1 Å². The topological polar surface area (TPSA) is 71.5 Å². The number of nitrogens with zero attached hydrogens (tertiary/aromatic N) is 1. The first kappa shape index (κ1) is 31.0. The van der Waals surface area contributed by atoms with Crippen LogP contribution in [-0.4, -0.2) is 27.1 Å². The maximum Gasteiger partial charge on any atom is 0.408 e. The molecule has 1 aromatic carbocycles. The number of carbonyl (C=O) groups is 1. The summed E-state index contributed by atoms with van der Waals surface area (Å²) in [5.74, 6) is -0.209. The van der Waals surface area contributed by atoms with E-state index in [-0.39, 0.29) is 11.7 Å². The number of hydrogen-bond donors (Lipinski definition) is 2. The Kier molecular flexibility index (Phi) is 11.4. The van der Waals surface area contributed by atoms with Gasteiger partial charge < -0.3 is 15.2 Å². The lowest BCUT2D eigenvalue weighted by Gasteiger charge is -2.32. The first-order valence-electron chi connectivity index (χ1n) is 12.4. The van der Waals surface area contributed by atoms with Crippen molar-refractivity contribution in [1.82, 2.24) is 10.3 Å². The SMILES string of the molecule is CC.CC.CC(C)(C)OC(=O)NC(C)(C)c1cc(-c2ccc(F)cc2)nc(C(O)(CBr)C2CC2)c1. The standard InChI is InChI=1S/C24H30BrFN2O3.2C2H6/c1-22(2,3)31-21(29)28-23(4,5)17-12-19(15-6-10-18(26)11-7-15)27-20(13-17)24(30,14-25)16-8-9-16;2*1-2/h6-7,10-13,16,30H,8-9,14H2,1-5H3,(H,28,29);2*1-2H3. The molecule has 1 unspecified atom stereocenters. The zero-order chi connectivity index (χ0) is 27.0. The second kappa shape index (κ2) is 12.8. The fourth-order valence-electron chi connectivity index (χ4n) is 3.46. The van der Waals surface area contributed by atoms with Gasteiger partial charge in [0.2, 0.25) is 0 Å². The van der Waals surface area contributed by atoms with Crippen LogP contribution in [0.4, 0.5) is 9.18 Å². The second-order valence-corrected chi connectivity index (χ2v) is 10.3. The molecule has 0 spiro atoms. The van der Waals surface area contributed by atoms with Gasteiger partial charge in [-0.25, -0.2) is 14.2 Å². The quantitative estimate of drug-likeness (QED) is 0.360. The highest BCUT2D eigenvalue weighted by molar-refractivity contribution is 9.09. The highest BCUT2D eigenvalue weighted by Gasteiger charge is 2.46. The van der Waals surface area contributed by atoms with E-state index in [1.54, 1.807) is 12.1 Å². The number of aromatic nitrogens is 1. The summed E-state index contributed by atoms with van der Waals surface area (Å²) in [6.07, 6.45) is 1.33. The van der Waals surface area contributed by atoms with Crippen LogP contribution < -0.4 is 5.32 Å². The van der Waals surface area contributed by atoms with Gasteiger partial charge in [0.05, 0.1) is 16.9 Å². The smallest absolute Gasteiger partial charge is 0.408 e. The summed E-state index contributed by atoms with van der Waals surface area (Å²) >= 11 is 3.46. The molecule has 1 aliphatic carbocycles. The van der Waals surface area contributed by atoms with Crippen LogP contribution in [0.15, 0.2) is 36.4 Å². The minimum Gasteiger partial charge on any atom is -0.444 e. The van der Waals surface area contributed by atoms with Crippen LogP contribution >= 0.6 is 15.9 Å². The predicted molar refractivity (Wildman–Crippen MR) is 145 cm³/mol. The molecule has 2 N–H and O–H groups in total. The van der Waals surface area contributed by atoms with Crippen molar-refractivity contribution in [2.45, 2.75) is 91.9 Å². The number of pyridine rings is 1. The van der Waals surface area contributed by atoms with Gasteiger partial charge in [-0.3, -0.25) is 0 Å². The molecular weight excluding hydrogens is 511 g/mol. The van der Waals surface area contributed by atoms with Crippen LogP contribution in [0.3, 0.4) is 0 Å². The average Bonchev–Trinajstić information content (AvgIpc) is 3.66. The van der Waals surface area contributed by atoms with E-state index in [9.17, 15) is 14.3 Å². The zero-order valence-electron chi connectivity index (χ0n) is 22.6. The average molecular weight is 554 g/mol. The van der Waals surface area contributed by atoms with E-state index in [0.29, 0.717) is 16.7 Å². The molecule has 0 bridgehead atoms. The monoisotopic (exact) mass is 552 g/mol. The highest BCUT2D eigenvalue weighted by Crippen LogP contribution is 2.47. The minimum absolute atomic E-state index is 0.123. The molecule has 7 heteroatoms. The molecular formula is C28H42BrFN2O3. The van der Waals surface area contributed by atoms with Gasteiger partial charge in [0.15, 0.2) is 0 Å². The van der Waals surface area contributed by atoms with E-state index < -0.39 is 22.8 Å². The number of halogens is 2. The third kappa shape index (κ3) is 8.57. The molecule has 1 heterocycles. The zero-order valence-corrected chi connectivity index (χ0v) is 24.2. The summed E-state index contributed by atoms with van der Waals surface area (Å²) < 4.78 is 18.9. The van der Waals surface area contributed by atoms with Crippen molar-refractivity contribution >= 4 is 22.0 Å². The molecule has 5 nitrogen and oxygen atoms in total. The minimum atomic E-state index is -1.12. The van der Waals surface area contributed by atoms with Gasteiger partial charge in [-0.1, -0.05) is 43.6 Å². The molecule has 196 valence electrons. The molecule has 1 amide bonds. The van der Waals surface area contributed by atoms with Crippen LogP contribution in [0, 0.1) is 11.7 Å². The van der Waals surface area contributed by atoms with E-state index in [2.05, 4.69) is 21.2 Å². The molecule has 3 rings (SSSR count). The Morgan fingerprint density at radius 3 is 2.09 bits per heavy atom. The first-order chi connectivity index (χ1) is 16.3. The number of alkyl halides is 1. The molecule has 2 aromatic rings. The first-order valence-corrected chi connectivity index (χ1v) is 13.5. The fraction of sp³-hybridized carbons (Fsp3) is 0.571. The predicted octanol–water partition coefficient (Wildman–Crippen LogP) is 7.69. The lowest BCUT2D eigenvalue weighted by molar-refractivity contribution is 0.0350. The summed E-state index contributed by atoms with van der Waals surface area (Å²) in [7, 11) is 0. The van der Waals surface area contributed by atoms with Crippen molar-refractivity contribution in [3.8, 4) is 11.3 Å². The summed E-state index contributed by atoms with van der Waals surface area (Å²) in [5, 5.41) is 14.7. The Labute approximate surface area is 219 Å². The number of hydrogen-bond acceptors (Lipinski definition) is 4. The maximum absolute atomic E-state index is 13.5. The van der Waals surface area contributed by atoms with Gasteiger partial charge in [0.1, 0.15) is 17.0 Å². The van der Waals surface area contributed by atoms with Gasteiger partial charge in [-0.05, 0) is 95.3 Å². The maximum atomic E-state index is 13.5. The molecule has 1 aliphatic rings.